The minimum atomic E-state index is -0.423. The standard InChI is InChI=1S/C22H28N4O3/c1-16-23-11-14-26(16)12-8-20(27)24-18-15-22(9-7-21(28)25(2)13-10-22)29-19-6-4-3-5-17(18)19/h3-6,11,14,18H,7-10,12-13,15H2,1-2H3,(H,24,27)/t18-,22+/m0/s1. The SMILES string of the molecule is Cc1nccn1CCC(=O)N[C@H]1C[C@]2(CCC(=O)N(C)CC2)Oc2ccccc21. The van der Waals surface area contributed by atoms with Gasteiger partial charge in [-0.1, -0.05) is 18.2 Å². The number of ether oxygens (including phenoxy) is 1. The number of carbonyl (C=O) groups excluding carboxylic acids is 2. The summed E-state index contributed by atoms with van der Waals surface area (Å²) in [6.07, 6.45) is 6.62. The first kappa shape index (κ1) is 19.5. The average molecular weight is 396 g/mol. The first-order valence-corrected chi connectivity index (χ1v) is 10.2. The lowest BCUT2D eigenvalue weighted by molar-refractivity contribution is -0.129. The van der Waals surface area contributed by atoms with E-state index < -0.39 is 5.60 Å². The highest BCUT2D eigenvalue weighted by Crippen LogP contribution is 2.44. The Labute approximate surface area is 171 Å². The second-order valence-electron chi connectivity index (χ2n) is 8.13. The second kappa shape index (κ2) is 7.89. The van der Waals surface area contributed by atoms with Crippen molar-refractivity contribution in [3.63, 3.8) is 0 Å². The highest BCUT2D eigenvalue weighted by atomic mass is 16.5. The summed E-state index contributed by atoms with van der Waals surface area (Å²) < 4.78 is 8.42. The molecule has 1 saturated heterocycles. The van der Waals surface area contributed by atoms with Gasteiger partial charge in [0.05, 0.1) is 6.04 Å². The van der Waals surface area contributed by atoms with E-state index in [9.17, 15) is 9.59 Å². The summed E-state index contributed by atoms with van der Waals surface area (Å²) in [5, 5.41) is 3.22. The van der Waals surface area contributed by atoms with E-state index in [1.165, 1.54) is 0 Å². The maximum absolute atomic E-state index is 12.7. The number of carbonyl (C=O) groups is 2. The summed E-state index contributed by atoms with van der Waals surface area (Å²) in [6.45, 7) is 3.20. The predicted octanol–water partition coefficient (Wildman–Crippen LogP) is 2.60. The Bertz CT molecular complexity index is 909. The molecule has 4 rings (SSSR count). The molecule has 0 bridgehead atoms. The van der Waals surface area contributed by atoms with E-state index in [4.69, 9.17) is 4.74 Å². The summed E-state index contributed by atoms with van der Waals surface area (Å²) in [6, 6.07) is 7.78. The van der Waals surface area contributed by atoms with Gasteiger partial charge in [0, 0.05) is 63.8 Å². The molecule has 154 valence electrons. The van der Waals surface area contributed by atoms with Crippen LogP contribution in [0.5, 0.6) is 5.75 Å². The normalized spacial score (nSPS) is 24.0. The molecule has 0 aliphatic carbocycles. The number of rotatable bonds is 4. The van der Waals surface area contributed by atoms with Crippen molar-refractivity contribution in [3.8, 4) is 5.75 Å². The van der Waals surface area contributed by atoms with Gasteiger partial charge < -0.3 is 19.5 Å². The summed E-state index contributed by atoms with van der Waals surface area (Å²) in [5.41, 5.74) is 0.586. The second-order valence-corrected chi connectivity index (χ2v) is 8.13. The molecule has 7 nitrogen and oxygen atoms in total. The van der Waals surface area contributed by atoms with Crippen molar-refractivity contribution in [2.75, 3.05) is 13.6 Å². The first-order chi connectivity index (χ1) is 14.0. The molecule has 1 aromatic carbocycles. The zero-order valence-electron chi connectivity index (χ0n) is 17.1. The summed E-state index contributed by atoms with van der Waals surface area (Å²) >= 11 is 0. The molecular weight excluding hydrogens is 368 g/mol. The molecule has 2 atom stereocenters. The number of likely N-dealkylation sites (tertiary alicyclic amines) is 1. The number of nitrogens with zero attached hydrogens (tertiary/aromatic N) is 3. The molecule has 0 saturated carbocycles. The molecule has 2 aliphatic rings. The summed E-state index contributed by atoms with van der Waals surface area (Å²) in [7, 11) is 1.84. The molecule has 2 amide bonds. The average Bonchev–Trinajstić information content (AvgIpc) is 3.08. The molecule has 2 aromatic rings. The molecular formula is C22H28N4O3. The quantitative estimate of drug-likeness (QED) is 0.862. The van der Waals surface area contributed by atoms with Gasteiger partial charge in [-0.25, -0.2) is 4.98 Å². The van der Waals surface area contributed by atoms with E-state index in [-0.39, 0.29) is 17.9 Å². The number of imidazole rings is 1. The van der Waals surface area contributed by atoms with Crippen LogP contribution in [-0.4, -0.2) is 45.5 Å². The lowest BCUT2D eigenvalue weighted by Crippen LogP contribution is -2.46. The van der Waals surface area contributed by atoms with E-state index in [1.54, 1.807) is 11.1 Å². The molecule has 0 radical (unpaired) electrons. The molecule has 1 N–H and O–H groups in total. The smallest absolute Gasteiger partial charge is 0.222 e. The van der Waals surface area contributed by atoms with Crippen molar-refractivity contribution >= 4 is 11.8 Å². The Morgan fingerprint density at radius 1 is 1.34 bits per heavy atom. The third-order valence-electron chi connectivity index (χ3n) is 6.16. The third kappa shape index (κ3) is 4.13. The topological polar surface area (TPSA) is 76.5 Å². The zero-order valence-corrected chi connectivity index (χ0v) is 17.1. The van der Waals surface area contributed by atoms with E-state index >= 15 is 0 Å². The predicted molar refractivity (Wildman–Crippen MR) is 108 cm³/mol. The minimum Gasteiger partial charge on any atom is -0.487 e. The van der Waals surface area contributed by atoms with Crippen molar-refractivity contribution in [2.45, 2.75) is 57.2 Å². The third-order valence-corrected chi connectivity index (χ3v) is 6.16. The number of aryl methyl sites for hydroxylation is 2. The van der Waals surface area contributed by atoms with E-state index in [1.807, 2.05) is 49.0 Å². The molecule has 1 spiro atoms. The van der Waals surface area contributed by atoms with Gasteiger partial charge in [0.1, 0.15) is 17.2 Å². The van der Waals surface area contributed by atoms with Gasteiger partial charge >= 0.3 is 0 Å². The molecule has 1 aromatic heterocycles. The van der Waals surface area contributed by atoms with Crippen LogP contribution >= 0.6 is 0 Å². The number of amides is 2. The number of hydrogen-bond donors (Lipinski definition) is 1. The number of fused-ring (bicyclic) bond motifs is 1. The molecule has 29 heavy (non-hydrogen) atoms. The monoisotopic (exact) mass is 396 g/mol. The molecule has 2 aliphatic heterocycles. The van der Waals surface area contributed by atoms with Gasteiger partial charge in [-0.3, -0.25) is 9.59 Å². The van der Waals surface area contributed by atoms with Crippen molar-refractivity contribution in [2.24, 2.45) is 0 Å². The fourth-order valence-electron chi connectivity index (χ4n) is 4.33. The van der Waals surface area contributed by atoms with Gasteiger partial charge in [0.15, 0.2) is 0 Å². The summed E-state index contributed by atoms with van der Waals surface area (Å²) in [4.78, 5) is 30.9. The number of hydrogen-bond acceptors (Lipinski definition) is 4. The lowest BCUT2D eigenvalue weighted by atomic mass is 9.82. The van der Waals surface area contributed by atoms with Gasteiger partial charge in [-0.05, 0) is 19.4 Å². The van der Waals surface area contributed by atoms with Crippen LogP contribution in [0.25, 0.3) is 0 Å². The van der Waals surface area contributed by atoms with Crippen LogP contribution < -0.4 is 10.1 Å². The number of aromatic nitrogens is 2. The summed E-state index contributed by atoms with van der Waals surface area (Å²) in [5.74, 6) is 1.88. The lowest BCUT2D eigenvalue weighted by Gasteiger charge is -2.42. The van der Waals surface area contributed by atoms with Crippen LogP contribution in [0.3, 0.4) is 0 Å². The van der Waals surface area contributed by atoms with Crippen molar-refractivity contribution in [3.05, 3.63) is 48.0 Å². The maximum atomic E-state index is 12.7. The largest absolute Gasteiger partial charge is 0.487 e. The van der Waals surface area contributed by atoms with Crippen LogP contribution in [0.4, 0.5) is 0 Å². The van der Waals surface area contributed by atoms with Gasteiger partial charge in [0.25, 0.3) is 0 Å². The van der Waals surface area contributed by atoms with Gasteiger partial charge in [-0.15, -0.1) is 0 Å². The van der Waals surface area contributed by atoms with Crippen LogP contribution in [0.1, 0.15) is 49.5 Å². The maximum Gasteiger partial charge on any atom is 0.222 e. The Morgan fingerprint density at radius 2 is 2.17 bits per heavy atom. The van der Waals surface area contributed by atoms with Crippen LogP contribution in [0.15, 0.2) is 36.7 Å². The van der Waals surface area contributed by atoms with Crippen molar-refractivity contribution in [1.29, 1.82) is 0 Å². The van der Waals surface area contributed by atoms with Gasteiger partial charge in [-0.2, -0.15) is 0 Å². The van der Waals surface area contributed by atoms with Crippen molar-refractivity contribution in [1.82, 2.24) is 19.8 Å². The Balaban J connectivity index is 1.50. The van der Waals surface area contributed by atoms with Crippen LogP contribution in [-0.2, 0) is 16.1 Å². The molecule has 1 fully saturated rings. The zero-order chi connectivity index (χ0) is 20.4. The number of nitrogens with one attached hydrogen (secondary N) is 1. The fourth-order valence-corrected chi connectivity index (χ4v) is 4.33. The van der Waals surface area contributed by atoms with E-state index in [2.05, 4.69) is 10.3 Å². The Kier molecular flexibility index (Phi) is 5.30. The van der Waals surface area contributed by atoms with Crippen molar-refractivity contribution < 1.29 is 14.3 Å². The highest BCUT2D eigenvalue weighted by Gasteiger charge is 2.43. The fraction of sp³-hybridized carbons (Fsp3) is 0.500. The van der Waals surface area contributed by atoms with Gasteiger partial charge in [0.2, 0.25) is 11.8 Å². The van der Waals surface area contributed by atoms with Crippen LogP contribution in [0.2, 0.25) is 0 Å². The molecule has 7 heteroatoms. The molecule has 0 unspecified atom stereocenters. The Hall–Kier alpha value is -2.83. The minimum absolute atomic E-state index is 0.0109. The van der Waals surface area contributed by atoms with Crippen LogP contribution in [0, 0.1) is 6.92 Å². The van der Waals surface area contributed by atoms with E-state index in [0.29, 0.717) is 38.8 Å². The first-order valence-electron chi connectivity index (χ1n) is 10.2. The highest BCUT2D eigenvalue weighted by molar-refractivity contribution is 5.77. The number of para-hydroxylation sites is 1. The number of benzene rings is 1. The Morgan fingerprint density at radius 3 is 2.97 bits per heavy atom. The van der Waals surface area contributed by atoms with E-state index in [0.717, 1.165) is 23.6 Å². The molecule has 3 heterocycles.